The molecule has 0 spiro atoms. The first-order valence-corrected chi connectivity index (χ1v) is 11.5. The first kappa shape index (κ1) is 20.8. The van der Waals surface area contributed by atoms with Gasteiger partial charge in [0.1, 0.15) is 4.60 Å². The number of aromatic nitrogens is 2. The van der Waals surface area contributed by atoms with Gasteiger partial charge >= 0.3 is 0 Å². The average Bonchev–Trinajstić information content (AvgIpc) is 3.08. The summed E-state index contributed by atoms with van der Waals surface area (Å²) in [5.41, 5.74) is 1.87. The number of halogens is 1. The lowest BCUT2D eigenvalue weighted by Crippen LogP contribution is -2.31. The van der Waals surface area contributed by atoms with Crippen LogP contribution in [0.1, 0.15) is 30.9 Å². The molecule has 0 N–H and O–H groups in total. The molecule has 3 rings (SSSR count). The van der Waals surface area contributed by atoms with Crippen LogP contribution < -0.4 is 0 Å². The van der Waals surface area contributed by atoms with Crippen molar-refractivity contribution < 1.29 is 8.42 Å². The minimum Gasteiger partial charge on any atom is -0.324 e. The van der Waals surface area contributed by atoms with Crippen LogP contribution in [0.2, 0.25) is 0 Å². The third-order valence-corrected chi connectivity index (χ3v) is 7.30. The fourth-order valence-electron chi connectivity index (χ4n) is 2.93. The lowest BCUT2D eigenvalue weighted by Gasteiger charge is -2.22. The Morgan fingerprint density at radius 1 is 0.964 bits per heavy atom. The van der Waals surface area contributed by atoms with E-state index in [1.807, 2.05) is 65.2 Å². The van der Waals surface area contributed by atoms with Crippen molar-refractivity contribution in [1.82, 2.24) is 13.9 Å². The van der Waals surface area contributed by atoms with Crippen LogP contribution in [0.3, 0.4) is 0 Å². The lowest BCUT2D eigenvalue weighted by molar-refractivity contribution is 0.399. The molecule has 7 heteroatoms. The van der Waals surface area contributed by atoms with E-state index >= 15 is 0 Å². The van der Waals surface area contributed by atoms with E-state index in [1.165, 1.54) is 4.31 Å². The third-order valence-electron chi connectivity index (χ3n) is 4.48. The summed E-state index contributed by atoms with van der Waals surface area (Å²) < 4.78 is 30.8. The first-order valence-electron chi connectivity index (χ1n) is 9.31. The van der Waals surface area contributed by atoms with Gasteiger partial charge in [0, 0.05) is 19.6 Å². The van der Waals surface area contributed by atoms with E-state index in [9.17, 15) is 8.42 Å². The molecule has 0 aliphatic heterocycles. The van der Waals surface area contributed by atoms with Crippen LogP contribution in [-0.4, -0.2) is 22.3 Å². The number of aryl methyl sites for hydroxylation is 1. The third kappa shape index (κ3) is 4.90. The maximum Gasteiger partial charge on any atom is 0.263 e. The molecule has 1 heterocycles. The van der Waals surface area contributed by atoms with Crippen molar-refractivity contribution >= 4 is 26.0 Å². The molecule has 1 aromatic heterocycles. The van der Waals surface area contributed by atoms with Crippen LogP contribution >= 0.6 is 15.9 Å². The highest BCUT2D eigenvalue weighted by atomic mass is 79.9. The van der Waals surface area contributed by atoms with Gasteiger partial charge in [0.15, 0.2) is 0 Å². The maximum atomic E-state index is 13.5. The molecule has 0 saturated heterocycles. The highest BCUT2D eigenvalue weighted by molar-refractivity contribution is 9.10. The number of hydrogen-bond acceptors (Lipinski definition) is 3. The molecule has 0 atom stereocenters. The molecule has 0 amide bonds. The predicted octanol–water partition coefficient (Wildman–Crippen LogP) is 4.84. The Balaban J connectivity index is 1.94. The van der Waals surface area contributed by atoms with Gasteiger partial charge in [-0.1, -0.05) is 74.0 Å². The first-order chi connectivity index (χ1) is 13.5. The van der Waals surface area contributed by atoms with Crippen molar-refractivity contribution in [2.24, 2.45) is 0 Å². The van der Waals surface area contributed by atoms with E-state index in [4.69, 9.17) is 0 Å². The topological polar surface area (TPSA) is 55.2 Å². The molecule has 0 bridgehead atoms. The second kappa shape index (κ2) is 9.49. The second-order valence-electron chi connectivity index (χ2n) is 6.63. The fraction of sp³-hybridized carbons (Fsp3) is 0.286. The van der Waals surface area contributed by atoms with Gasteiger partial charge in [-0.3, -0.25) is 0 Å². The summed E-state index contributed by atoms with van der Waals surface area (Å²) >= 11 is 3.45. The minimum absolute atomic E-state index is 0.0652. The van der Waals surface area contributed by atoms with Gasteiger partial charge < -0.3 is 4.57 Å². The standard InChI is InChI=1S/C21H24BrN3O2S/c1-2-3-14-24-17-23-21(20(24)22)28(26,27)25(15-18-10-6-4-7-11-18)16-19-12-8-5-9-13-19/h4-13,17H,2-3,14-16H2,1H3. The minimum atomic E-state index is -3.78. The molecule has 0 fully saturated rings. The molecule has 0 aliphatic rings. The Bertz CT molecular complexity index is 948. The van der Waals surface area contributed by atoms with Crippen molar-refractivity contribution in [3.8, 4) is 0 Å². The van der Waals surface area contributed by atoms with Crippen LogP contribution in [0.4, 0.5) is 0 Å². The summed E-state index contributed by atoms with van der Waals surface area (Å²) in [5.74, 6) is 0. The Morgan fingerprint density at radius 3 is 2.00 bits per heavy atom. The summed E-state index contributed by atoms with van der Waals surface area (Å²) in [4.78, 5) is 4.23. The molecule has 3 aromatic rings. The number of nitrogens with zero attached hydrogens (tertiary/aromatic N) is 3. The van der Waals surface area contributed by atoms with Gasteiger partial charge in [-0.05, 0) is 33.5 Å². The SMILES string of the molecule is CCCCn1cnc(S(=O)(=O)N(Cc2ccccc2)Cc2ccccc2)c1Br. The molecule has 0 unspecified atom stereocenters. The zero-order valence-electron chi connectivity index (χ0n) is 15.8. The van der Waals surface area contributed by atoms with E-state index in [1.54, 1.807) is 6.33 Å². The van der Waals surface area contributed by atoms with Crippen LogP contribution in [-0.2, 0) is 29.7 Å². The van der Waals surface area contributed by atoms with Gasteiger partial charge in [0.2, 0.25) is 5.03 Å². The van der Waals surface area contributed by atoms with E-state index in [0.717, 1.165) is 30.5 Å². The van der Waals surface area contributed by atoms with E-state index in [0.29, 0.717) is 4.60 Å². The van der Waals surface area contributed by atoms with Crippen LogP contribution in [0, 0.1) is 0 Å². The smallest absolute Gasteiger partial charge is 0.263 e. The molecule has 5 nitrogen and oxygen atoms in total. The number of benzene rings is 2. The summed E-state index contributed by atoms with van der Waals surface area (Å²) in [5, 5.41) is 0.0652. The summed E-state index contributed by atoms with van der Waals surface area (Å²) in [6.45, 7) is 3.40. The Kier molecular flexibility index (Phi) is 7.04. The fourth-order valence-corrected chi connectivity index (χ4v) is 5.31. The Hall–Kier alpha value is -1.96. The largest absolute Gasteiger partial charge is 0.324 e. The maximum absolute atomic E-state index is 13.5. The normalized spacial score (nSPS) is 11.8. The Morgan fingerprint density at radius 2 is 1.50 bits per heavy atom. The average molecular weight is 462 g/mol. The highest BCUT2D eigenvalue weighted by Crippen LogP contribution is 2.27. The van der Waals surface area contributed by atoms with E-state index < -0.39 is 10.0 Å². The zero-order chi connectivity index (χ0) is 20.0. The van der Waals surface area contributed by atoms with Gasteiger partial charge in [0.05, 0.1) is 6.33 Å². The summed E-state index contributed by atoms with van der Waals surface area (Å²) in [6.07, 6.45) is 3.59. The lowest BCUT2D eigenvalue weighted by atomic mass is 10.2. The molecule has 0 radical (unpaired) electrons. The van der Waals surface area contributed by atoms with Gasteiger partial charge in [-0.2, -0.15) is 4.31 Å². The molecular weight excluding hydrogens is 438 g/mol. The quantitative estimate of drug-likeness (QED) is 0.458. The van der Waals surface area contributed by atoms with Gasteiger partial charge in [0.25, 0.3) is 10.0 Å². The molecule has 0 aliphatic carbocycles. The van der Waals surface area contributed by atoms with Gasteiger partial charge in [-0.15, -0.1) is 0 Å². The summed E-state index contributed by atoms with van der Waals surface area (Å²) in [7, 11) is -3.78. The monoisotopic (exact) mass is 461 g/mol. The summed E-state index contributed by atoms with van der Waals surface area (Å²) in [6, 6.07) is 19.2. The van der Waals surface area contributed by atoms with E-state index in [2.05, 4.69) is 27.8 Å². The molecule has 0 saturated carbocycles. The highest BCUT2D eigenvalue weighted by Gasteiger charge is 2.30. The van der Waals surface area contributed by atoms with Crippen molar-refractivity contribution in [2.45, 2.75) is 44.4 Å². The molecule has 2 aromatic carbocycles. The van der Waals surface area contributed by atoms with Crippen molar-refractivity contribution in [1.29, 1.82) is 0 Å². The number of imidazole rings is 1. The second-order valence-corrected chi connectivity index (χ2v) is 9.24. The Labute approximate surface area is 175 Å². The van der Waals surface area contributed by atoms with Crippen LogP contribution in [0.15, 0.2) is 76.6 Å². The molecule has 28 heavy (non-hydrogen) atoms. The van der Waals surface area contributed by atoms with Crippen molar-refractivity contribution in [2.75, 3.05) is 0 Å². The van der Waals surface area contributed by atoms with E-state index in [-0.39, 0.29) is 18.1 Å². The van der Waals surface area contributed by atoms with Crippen LogP contribution in [0.25, 0.3) is 0 Å². The van der Waals surface area contributed by atoms with Crippen molar-refractivity contribution in [3.63, 3.8) is 0 Å². The molecular formula is C21H24BrN3O2S. The van der Waals surface area contributed by atoms with Crippen LogP contribution in [0.5, 0.6) is 0 Å². The number of sulfonamides is 1. The number of hydrogen-bond donors (Lipinski definition) is 0. The van der Waals surface area contributed by atoms with Crippen molar-refractivity contribution in [3.05, 3.63) is 82.7 Å². The predicted molar refractivity (Wildman–Crippen MR) is 114 cm³/mol. The number of unbranched alkanes of at least 4 members (excludes halogenated alkanes) is 1. The zero-order valence-corrected chi connectivity index (χ0v) is 18.2. The van der Waals surface area contributed by atoms with Gasteiger partial charge in [-0.25, -0.2) is 13.4 Å². The molecule has 148 valence electrons. The number of rotatable bonds is 9.